The molecule has 1 heterocycles. The zero-order valence-electron chi connectivity index (χ0n) is 10.9. The van der Waals surface area contributed by atoms with E-state index in [4.69, 9.17) is 22.1 Å². The second-order valence-corrected chi connectivity index (χ2v) is 5.24. The Morgan fingerprint density at radius 1 is 1.50 bits per heavy atom. The Morgan fingerprint density at radius 2 is 2.33 bits per heavy atom. The minimum atomic E-state index is 0.380. The summed E-state index contributed by atoms with van der Waals surface area (Å²) in [5.41, 5.74) is 7.89. The Kier molecular flexibility index (Phi) is 4.87. The van der Waals surface area contributed by atoms with E-state index >= 15 is 0 Å². The molecule has 0 aliphatic carbocycles. The van der Waals surface area contributed by atoms with E-state index in [1.807, 2.05) is 18.2 Å². The number of rotatable bonds is 5. The minimum absolute atomic E-state index is 0.380. The first kappa shape index (κ1) is 13.7. The van der Waals surface area contributed by atoms with Crippen LogP contribution in [0.1, 0.15) is 25.3 Å². The summed E-state index contributed by atoms with van der Waals surface area (Å²) in [6.45, 7) is 5.87. The van der Waals surface area contributed by atoms with Crippen LogP contribution in [0.4, 0.5) is 5.69 Å². The van der Waals surface area contributed by atoms with Crippen LogP contribution in [0.2, 0.25) is 5.02 Å². The molecule has 0 radical (unpaired) electrons. The second-order valence-electron chi connectivity index (χ2n) is 4.81. The van der Waals surface area contributed by atoms with Gasteiger partial charge in [-0.15, -0.1) is 0 Å². The fraction of sp³-hybridized carbons (Fsp3) is 0.571. The molecule has 0 bridgehead atoms. The molecule has 18 heavy (non-hydrogen) atoms. The Morgan fingerprint density at radius 3 is 3.00 bits per heavy atom. The van der Waals surface area contributed by atoms with E-state index in [-0.39, 0.29) is 0 Å². The summed E-state index contributed by atoms with van der Waals surface area (Å²) in [7, 11) is 0. The number of hydrogen-bond acceptors (Lipinski definition) is 3. The van der Waals surface area contributed by atoms with Gasteiger partial charge in [-0.2, -0.15) is 0 Å². The van der Waals surface area contributed by atoms with Crippen LogP contribution in [-0.2, 0) is 11.3 Å². The van der Waals surface area contributed by atoms with Crippen molar-refractivity contribution in [3.63, 3.8) is 0 Å². The van der Waals surface area contributed by atoms with E-state index in [1.165, 1.54) is 12.8 Å². The van der Waals surface area contributed by atoms with Gasteiger partial charge >= 0.3 is 0 Å². The van der Waals surface area contributed by atoms with Gasteiger partial charge in [0.2, 0.25) is 0 Å². The fourth-order valence-electron chi connectivity index (χ4n) is 2.33. The Balaban J connectivity index is 1.98. The number of hydrogen-bond donors (Lipinski definition) is 1. The normalized spacial score (nSPS) is 19.6. The molecule has 1 aliphatic heterocycles. The van der Waals surface area contributed by atoms with Gasteiger partial charge in [0, 0.05) is 30.4 Å². The highest BCUT2D eigenvalue weighted by Crippen LogP contribution is 2.21. The van der Waals surface area contributed by atoms with Crippen molar-refractivity contribution in [3.8, 4) is 0 Å². The van der Waals surface area contributed by atoms with Crippen LogP contribution >= 0.6 is 11.6 Å². The molecular formula is C14H21ClN2O. The molecular weight excluding hydrogens is 248 g/mol. The van der Waals surface area contributed by atoms with E-state index in [1.54, 1.807) is 0 Å². The maximum atomic E-state index is 6.01. The van der Waals surface area contributed by atoms with E-state index < -0.39 is 0 Å². The summed E-state index contributed by atoms with van der Waals surface area (Å²) in [5.74, 6) is 0. The molecule has 100 valence electrons. The number of halogens is 1. The monoisotopic (exact) mass is 268 g/mol. The van der Waals surface area contributed by atoms with Gasteiger partial charge in [-0.05, 0) is 43.1 Å². The molecule has 1 saturated heterocycles. The number of nitrogens with two attached hydrogens (primary N) is 1. The Labute approximate surface area is 114 Å². The summed E-state index contributed by atoms with van der Waals surface area (Å²) in [6, 6.07) is 5.66. The van der Waals surface area contributed by atoms with Crippen molar-refractivity contribution in [1.82, 2.24) is 4.90 Å². The third-order valence-corrected chi connectivity index (χ3v) is 3.67. The number of ether oxygens (including phenoxy) is 1. The molecule has 2 N–H and O–H groups in total. The molecule has 1 atom stereocenters. The highest BCUT2D eigenvalue weighted by atomic mass is 35.5. The van der Waals surface area contributed by atoms with Crippen LogP contribution in [0.25, 0.3) is 0 Å². The molecule has 0 amide bonds. The Bertz CT molecular complexity index is 391. The number of nitrogens with zero attached hydrogens (tertiary/aromatic N) is 1. The third kappa shape index (κ3) is 3.61. The zero-order valence-corrected chi connectivity index (χ0v) is 11.6. The smallest absolute Gasteiger partial charge is 0.0702 e. The average Bonchev–Trinajstić information content (AvgIpc) is 2.85. The lowest BCUT2D eigenvalue weighted by atomic mass is 10.1. The molecule has 1 fully saturated rings. The van der Waals surface area contributed by atoms with Crippen molar-refractivity contribution in [1.29, 1.82) is 0 Å². The van der Waals surface area contributed by atoms with E-state index in [0.717, 1.165) is 42.5 Å². The summed E-state index contributed by atoms with van der Waals surface area (Å²) in [6.07, 6.45) is 2.73. The van der Waals surface area contributed by atoms with Gasteiger partial charge in [-0.3, -0.25) is 4.90 Å². The number of likely N-dealkylation sites (N-methyl/N-ethyl adjacent to an activating group) is 1. The molecule has 0 saturated carbocycles. The standard InChI is InChI=1S/C14H21ClN2O/c1-2-17(10-13-4-3-7-18-13)9-11-8-12(15)5-6-14(11)16/h5-6,8,13H,2-4,7,9-10,16H2,1H3. The van der Waals surface area contributed by atoms with E-state index in [0.29, 0.717) is 6.10 Å². The number of nitrogen functional groups attached to an aromatic ring is 1. The number of anilines is 1. The minimum Gasteiger partial charge on any atom is -0.398 e. The van der Waals surface area contributed by atoms with Crippen LogP contribution in [0, 0.1) is 0 Å². The Hall–Kier alpha value is -0.770. The lowest BCUT2D eigenvalue weighted by molar-refractivity contribution is 0.0725. The van der Waals surface area contributed by atoms with Crippen LogP contribution in [0.5, 0.6) is 0 Å². The lowest BCUT2D eigenvalue weighted by Gasteiger charge is -2.24. The van der Waals surface area contributed by atoms with Crippen LogP contribution in [0.15, 0.2) is 18.2 Å². The summed E-state index contributed by atoms with van der Waals surface area (Å²) >= 11 is 6.01. The summed E-state index contributed by atoms with van der Waals surface area (Å²) < 4.78 is 5.68. The van der Waals surface area contributed by atoms with Gasteiger partial charge in [-0.1, -0.05) is 18.5 Å². The maximum absolute atomic E-state index is 6.01. The average molecular weight is 269 g/mol. The molecule has 1 aromatic carbocycles. The largest absolute Gasteiger partial charge is 0.398 e. The fourth-order valence-corrected chi connectivity index (χ4v) is 2.53. The van der Waals surface area contributed by atoms with Crippen molar-refractivity contribution in [2.45, 2.75) is 32.4 Å². The van der Waals surface area contributed by atoms with Gasteiger partial charge in [0.1, 0.15) is 0 Å². The van der Waals surface area contributed by atoms with Gasteiger partial charge in [0.05, 0.1) is 6.10 Å². The summed E-state index contributed by atoms with van der Waals surface area (Å²) in [5, 5.41) is 0.743. The SMILES string of the molecule is CCN(Cc1cc(Cl)ccc1N)CC1CCCO1. The van der Waals surface area contributed by atoms with Crippen LogP contribution in [-0.4, -0.2) is 30.7 Å². The summed E-state index contributed by atoms with van der Waals surface area (Å²) in [4.78, 5) is 2.36. The van der Waals surface area contributed by atoms with Crippen molar-refractivity contribution in [2.75, 3.05) is 25.4 Å². The maximum Gasteiger partial charge on any atom is 0.0702 e. The molecule has 0 aromatic heterocycles. The second kappa shape index (κ2) is 6.41. The topological polar surface area (TPSA) is 38.5 Å². The lowest BCUT2D eigenvalue weighted by Crippen LogP contribution is -2.31. The van der Waals surface area contributed by atoms with Crippen molar-refractivity contribution in [3.05, 3.63) is 28.8 Å². The quantitative estimate of drug-likeness (QED) is 0.835. The van der Waals surface area contributed by atoms with Gasteiger partial charge in [-0.25, -0.2) is 0 Å². The molecule has 3 nitrogen and oxygen atoms in total. The van der Waals surface area contributed by atoms with Crippen LogP contribution < -0.4 is 5.73 Å². The highest BCUT2D eigenvalue weighted by molar-refractivity contribution is 6.30. The molecule has 4 heteroatoms. The van der Waals surface area contributed by atoms with Crippen molar-refractivity contribution >= 4 is 17.3 Å². The first-order valence-corrected chi connectivity index (χ1v) is 6.94. The van der Waals surface area contributed by atoms with Crippen molar-refractivity contribution in [2.24, 2.45) is 0 Å². The first-order valence-electron chi connectivity index (χ1n) is 6.57. The number of benzene rings is 1. The predicted octanol–water partition coefficient (Wildman–Crippen LogP) is 2.92. The van der Waals surface area contributed by atoms with Gasteiger partial charge in [0.25, 0.3) is 0 Å². The van der Waals surface area contributed by atoms with Crippen molar-refractivity contribution < 1.29 is 4.74 Å². The van der Waals surface area contributed by atoms with E-state index in [2.05, 4.69) is 11.8 Å². The highest BCUT2D eigenvalue weighted by Gasteiger charge is 2.18. The molecule has 1 aromatic rings. The van der Waals surface area contributed by atoms with Gasteiger partial charge < -0.3 is 10.5 Å². The van der Waals surface area contributed by atoms with E-state index in [9.17, 15) is 0 Å². The molecule has 1 aliphatic rings. The third-order valence-electron chi connectivity index (χ3n) is 3.43. The van der Waals surface area contributed by atoms with Gasteiger partial charge in [0.15, 0.2) is 0 Å². The predicted molar refractivity (Wildman–Crippen MR) is 75.8 cm³/mol. The molecule has 2 rings (SSSR count). The zero-order chi connectivity index (χ0) is 13.0. The molecule has 1 unspecified atom stereocenters. The van der Waals surface area contributed by atoms with Crippen LogP contribution in [0.3, 0.4) is 0 Å². The molecule has 0 spiro atoms. The first-order chi connectivity index (χ1) is 8.69.